The third kappa shape index (κ3) is 5.56. The SMILES string of the molecule is COc1ccc(CN(C)CC(=O)NNC(=O)c2ccc(C)cc2)cc1F. The molecular weight excluding hydrogens is 337 g/mol. The van der Waals surface area contributed by atoms with E-state index in [2.05, 4.69) is 10.9 Å². The third-order valence-corrected chi connectivity index (χ3v) is 3.71. The smallest absolute Gasteiger partial charge is 0.269 e. The summed E-state index contributed by atoms with van der Waals surface area (Å²) in [6.07, 6.45) is 0. The number of rotatable bonds is 6. The number of ether oxygens (including phenoxy) is 1. The van der Waals surface area contributed by atoms with Gasteiger partial charge >= 0.3 is 0 Å². The molecule has 2 N–H and O–H groups in total. The molecule has 0 aliphatic heterocycles. The van der Waals surface area contributed by atoms with E-state index >= 15 is 0 Å². The fourth-order valence-corrected chi connectivity index (χ4v) is 2.36. The highest BCUT2D eigenvalue weighted by Crippen LogP contribution is 2.18. The molecule has 0 radical (unpaired) electrons. The minimum Gasteiger partial charge on any atom is -0.494 e. The van der Waals surface area contributed by atoms with Crippen molar-refractivity contribution in [2.75, 3.05) is 20.7 Å². The zero-order valence-corrected chi connectivity index (χ0v) is 15.0. The Morgan fingerprint density at radius 3 is 2.42 bits per heavy atom. The van der Waals surface area contributed by atoms with Crippen molar-refractivity contribution in [3.8, 4) is 5.75 Å². The Labute approximate surface area is 151 Å². The fraction of sp³-hybridized carbons (Fsp3) is 0.263. The van der Waals surface area contributed by atoms with Gasteiger partial charge in [0.2, 0.25) is 0 Å². The summed E-state index contributed by atoms with van der Waals surface area (Å²) in [5.74, 6) is -1.04. The van der Waals surface area contributed by atoms with Crippen molar-refractivity contribution >= 4 is 11.8 Å². The van der Waals surface area contributed by atoms with Crippen LogP contribution >= 0.6 is 0 Å². The first-order valence-corrected chi connectivity index (χ1v) is 8.06. The van der Waals surface area contributed by atoms with E-state index in [1.165, 1.54) is 13.2 Å². The molecule has 2 aromatic rings. The summed E-state index contributed by atoms with van der Waals surface area (Å²) in [6, 6.07) is 11.6. The van der Waals surface area contributed by atoms with Crippen molar-refractivity contribution < 1.29 is 18.7 Å². The number of carbonyl (C=O) groups is 2. The minimum atomic E-state index is -0.451. The molecule has 2 amide bonds. The molecule has 0 bridgehead atoms. The number of aryl methyl sites for hydroxylation is 1. The molecule has 0 saturated carbocycles. The Bertz CT molecular complexity index is 778. The monoisotopic (exact) mass is 359 g/mol. The molecule has 6 nitrogen and oxygen atoms in total. The van der Waals surface area contributed by atoms with Crippen LogP contribution in [0.1, 0.15) is 21.5 Å². The third-order valence-electron chi connectivity index (χ3n) is 3.71. The zero-order valence-electron chi connectivity index (χ0n) is 15.0. The van der Waals surface area contributed by atoms with Crippen LogP contribution in [0.2, 0.25) is 0 Å². The summed E-state index contributed by atoms with van der Waals surface area (Å²) in [5.41, 5.74) is 6.95. The Balaban J connectivity index is 1.80. The van der Waals surface area contributed by atoms with E-state index in [0.29, 0.717) is 17.7 Å². The van der Waals surface area contributed by atoms with Gasteiger partial charge < -0.3 is 4.74 Å². The Kier molecular flexibility index (Phi) is 6.68. The van der Waals surface area contributed by atoms with Gasteiger partial charge in [0.15, 0.2) is 11.6 Å². The molecule has 0 heterocycles. The van der Waals surface area contributed by atoms with Gasteiger partial charge in [0.1, 0.15) is 0 Å². The molecule has 2 rings (SSSR count). The zero-order chi connectivity index (χ0) is 19.1. The first-order chi connectivity index (χ1) is 12.4. The van der Waals surface area contributed by atoms with Crippen molar-refractivity contribution in [3.05, 3.63) is 65.0 Å². The van der Waals surface area contributed by atoms with Crippen molar-refractivity contribution in [1.82, 2.24) is 15.8 Å². The number of methoxy groups -OCH3 is 1. The second kappa shape index (κ2) is 8.96. The average Bonchev–Trinajstić information content (AvgIpc) is 2.60. The van der Waals surface area contributed by atoms with Crippen LogP contribution in [0.15, 0.2) is 42.5 Å². The number of nitrogens with one attached hydrogen (secondary N) is 2. The molecular formula is C19H22FN3O3. The highest BCUT2D eigenvalue weighted by molar-refractivity contribution is 5.95. The molecule has 7 heteroatoms. The van der Waals surface area contributed by atoms with Gasteiger partial charge in [0.25, 0.3) is 11.8 Å². The summed E-state index contributed by atoms with van der Waals surface area (Å²) in [7, 11) is 3.13. The fourth-order valence-electron chi connectivity index (χ4n) is 2.36. The van der Waals surface area contributed by atoms with E-state index in [0.717, 1.165) is 5.56 Å². The van der Waals surface area contributed by atoms with Crippen molar-refractivity contribution in [2.24, 2.45) is 0 Å². The average molecular weight is 359 g/mol. The van der Waals surface area contributed by atoms with Crippen LogP contribution in [0.5, 0.6) is 5.75 Å². The van der Waals surface area contributed by atoms with Crippen LogP contribution < -0.4 is 15.6 Å². The van der Waals surface area contributed by atoms with Gasteiger partial charge in [-0.05, 0) is 43.8 Å². The number of nitrogens with zero attached hydrogens (tertiary/aromatic N) is 1. The lowest BCUT2D eigenvalue weighted by atomic mass is 10.1. The lowest BCUT2D eigenvalue weighted by molar-refractivity contribution is -0.122. The highest BCUT2D eigenvalue weighted by Gasteiger charge is 2.11. The second-order valence-electron chi connectivity index (χ2n) is 6.01. The molecule has 0 atom stereocenters. The normalized spacial score (nSPS) is 10.5. The van der Waals surface area contributed by atoms with Gasteiger partial charge in [-0.25, -0.2) is 4.39 Å². The Hall–Kier alpha value is -2.93. The molecule has 138 valence electrons. The lowest BCUT2D eigenvalue weighted by Crippen LogP contribution is -2.45. The Morgan fingerprint density at radius 1 is 1.12 bits per heavy atom. The maximum absolute atomic E-state index is 13.7. The summed E-state index contributed by atoms with van der Waals surface area (Å²) in [5, 5.41) is 0. The molecule has 0 unspecified atom stereocenters. The number of amides is 2. The van der Waals surface area contributed by atoms with E-state index in [4.69, 9.17) is 4.74 Å². The van der Waals surface area contributed by atoms with Crippen LogP contribution in [0.4, 0.5) is 4.39 Å². The summed E-state index contributed by atoms with van der Waals surface area (Å²) >= 11 is 0. The largest absolute Gasteiger partial charge is 0.494 e. The second-order valence-corrected chi connectivity index (χ2v) is 6.01. The Morgan fingerprint density at radius 2 is 1.81 bits per heavy atom. The molecule has 0 saturated heterocycles. The molecule has 0 aliphatic carbocycles. The van der Waals surface area contributed by atoms with Crippen molar-refractivity contribution in [3.63, 3.8) is 0 Å². The molecule has 0 spiro atoms. The summed E-state index contributed by atoms with van der Waals surface area (Å²) in [6.45, 7) is 2.34. The lowest BCUT2D eigenvalue weighted by Gasteiger charge is -2.17. The standard InChI is InChI=1S/C19H22FN3O3/c1-13-4-7-15(8-5-13)19(25)22-21-18(24)12-23(2)11-14-6-9-17(26-3)16(20)10-14/h4-10H,11-12H2,1-3H3,(H,21,24)(H,22,25). The van der Waals surface area contributed by atoms with Gasteiger partial charge in [-0.15, -0.1) is 0 Å². The molecule has 26 heavy (non-hydrogen) atoms. The van der Waals surface area contributed by atoms with E-state index in [1.807, 2.05) is 19.1 Å². The van der Waals surface area contributed by atoms with Crippen LogP contribution in [0, 0.1) is 12.7 Å². The van der Waals surface area contributed by atoms with Crippen LogP contribution in [-0.4, -0.2) is 37.4 Å². The van der Waals surface area contributed by atoms with Crippen LogP contribution in [-0.2, 0) is 11.3 Å². The van der Waals surface area contributed by atoms with Gasteiger partial charge in [0.05, 0.1) is 13.7 Å². The van der Waals surface area contributed by atoms with Crippen LogP contribution in [0.25, 0.3) is 0 Å². The number of carbonyl (C=O) groups excluding carboxylic acids is 2. The number of hydrogen-bond donors (Lipinski definition) is 2. The number of hydrogen-bond acceptors (Lipinski definition) is 4. The highest BCUT2D eigenvalue weighted by atomic mass is 19.1. The van der Waals surface area contributed by atoms with Gasteiger partial charge in [0, 0.05) is 12.1 Å². The van der Waals surface area contributed by atoms with Gasteiger partial charge in [-0.2, -0.15) is 0 Å². The molecule has 0 aromatic heterocycles. The van der Waals surface area contributed by atoms with Gasteiger partial charge in [-0.3, -0.25) is 25.3 Å². The first-order valence-electron chi connectivity index (χ1n) is 8.06. The minimum absolute atomic E-state index is 0.0435. The molecule has 0 fully saturated rings. The predicted molar refractivity (Wildman–Crippen MR) is 96.1 cm³/mol. The number of benzene rings is 2. The van der Waals surface area contributed by atoms with E-state index < -0.39 is 11.7 Å². The predicted octanol–water partition coefficient (Wildman–Crippen LogP) is 2.04. The van der Waals surface area contributed by atoms with Crippen molar-refractivity contribution in [2.45, 2.75) is 13.5 Å². The summed E-state index contributed by atoms with van der Waals surface area (Å²) < 4.78 is 18.6. The maximum Gasteiger partial charge on any atom is 0.269 e. The van der Waals surface area contributed by atoms with Crippen LogP contribution in [0.3, 0.4) is 0 Å². The van der Waals surface area contributed by atoms with E-state index in [9.17, 15) is 14.0 Å². The quantitative estimate of drug-likeness (QED) is 0.775. The van der Waals surface area contributed by atoms with Crippen molar-refractivity contribution in [1.29, 1.82) is 0 Å². The maximum atomic E-state index is 13.7. The summed E-state index contributed by atoms with van der Waals surface area (Å²) in [4.78, 5) is 25.6. The number of halogens is 1. The molecule has 2 aromatic carbocycles. The molecule has 0 aliphatic rings. The topological polar surface area (TPSA) is 70.7 Å². The van der Waals surface area contributed by atoms with E-state index in [1.54, 1.807) is 36.2 Å². The first kappa shape index (κ1) is 19.4. The van der Waals surface area contributed by atoms with E-state index in [-0.39, 0.29) is 18.2 Å². The number of likely N-dealkylation sites (N-methyl/N-ethyl adjacent to an activating group) is 1. The number of hydrazine groups is 1. The van der Waals surface area contributed by atoms with Gasteiger partial charge in [-0.1, -0.05) is 23.8 Å².